The number of piperazine rings is 1. The Bertz CT molecular complexity index is 615. The van der Waals surface area contributed by atoms with Crippen LogP contribution in [0.5, 0.6) is 0 Å². The Balaban J connectivity index is 0.00000140. The van der Waals surface area contributed by atoms with E-state index in [0.29, 0.717) is 6.04 Å². The monoisotopic (exact) mass is 421 g/mol. The van der Waals surface area contributed by atoms with Crippen molar-refractivity contribution in [1.29, 1.82) is 0 Å². The predicted molar refractivity (Wildman–Crippen MR) is 123 cm³/mol. The summed E-state index contributed by atoms with van der Waals surface area (Å²) in [6, 6.07) is 22.4. The largest absolute Gasteiger partial charge is 0.316 e. The molecule has 28 heavy (non-hydrogen) atoms. The average Bonchev–Trinajstić information content (AvgIpc) is 2.72. The van der Waals surface area contributed by atoms with Crippen molar-refractivity contribution in [2.75, 3.05) is 45.8 Å². The molecule has 4 rings (SSSR count). The average molecular weight is 422 g/mol. The summed E-state index contributed by atoms with van der Waals surface area (Å²) >= 11 is 0. The number of nitrogens with one attached hydrogen (secondary N) is 1. The van der Waals surface area contributed by atoms with Gasteiger partial charge < -0.3 is 10.2 Å². The first-order valence-electron chi connectivity index (χ1n) is 10.2. The van der Waals surface area contributed by atoms with Gasteiger partial charge in [0.05, 0.1) is 6.04 Å². The van der Waals surface area contributed by atoms with E-state index >= 15 is 0 Å². The van der Waals surface area contributed by atoms with E-state index in [9.17, 15) is 0 Å². The molecule has 0 amide bonds. The lowest BCUT2D eigenvalue weighted by atomic mass is 9.96. The summed E-state index contributed by atoms with van der Waals surface area (Å²) in [5.41, 5.74) is 2.81. The molecule has 3 nitrogen and oxygen atoms in total. The van der Waals surface area contributed by atoms with E-state index in [2.05, 4.69) is 75.8 Å². The van der Waals surface area contributed by atoms with Crippen LogP contribution < -0.4 is 5.32 Å². The molecule has 0 aromatic heterocycles. The Morgan fingerprint density at radius 3 is 1.89 bits per heavy atom. The highest BCUT2D eigenvalue weighted by Crippen LogP contribution is 2.29. The van der Waals surface area contributed by atoms with Crippen LogP contribution in [0.2, 0.25) is 0 Å². The Kier molecular flexibility index (Phi) is 9.76. The third-order valence-electron chi connectivity index (χ3n) is 5.92. The molecule has 2 aromatic carbocycles. The first-order valence-corrected chi connectivity index (χ1v) is 10.2. The van der Waals surface area contributed by atoms with Gasteiger partial charge in [-0.25, -0.2) is 0 Å². The smallest absolute Gasteiger partial charge is 0.0602 e. The second-order valence-corrected chi connectivity index (χ2v) is 7.77. The van der Waals surface area contributed by atoms with E-state index in [1.54, 1.807) is 0 Å². The van der Waals surface area contributed by atoms with Crippen molar-refractivity contribution in [2.45, 2.75) is 18.9 Å². The van der Waals surface area contributed by atoms with Gasteiger partial charge in [0.1, 0.15) is 0 Å². The van der Waals surface area contributed by atoms with Crippen LogP contribution >= 0.6 is 24.8 Å². The number of piperidine rings is 1. The van der Waals surface area contributed by atoms with Crippen molar-refractivity contribution in [3.63, 3.8) is 0 Å². The maximum Gasteiger partial charge on any atom is 0.0602 e. The minimum Gasteiger partial charge on any atom is -0.316 e. The minimum absolute atomic E-state index is 0. The van der Waals surface area contributed by atoms with Crippen molar-refractivity contribution in [2.24, 2.45) is 5.92 Å². The summed E-state index contributed by atoms with van der Waals surface area (Å²) in [4.78, 5) is 5.35. The maximum absolute atomic E-state index is 3.56. The fraction of sp³-hybridized carbons (Fsp3) is 0.478. The molecule has 0 spiro atoms. The molecule has 2 aromatic rings. The van der Waals surface area contributed by atoms with Gasteiger partial charge in [-0.2, -0.15) is 0 Å². The van der Waals surface area contributed by atoms with E-state index in [-0.39, 0.29) is 24.8 Å². The molecule has 0 bridgehead atoms. The number of hydrogen-bond donors (Lipinski definition) is 1. The SMILES string of the molecule is Cl.Cl.c1ccc(C(c2ccccc2)N2CCN(CC3CCCNC3)CC2)cc1. The quantitative estimate of drug-likeness (QED) is 0.778. The fourth-order valence-electron chi connectivity index (χ4n) is 4.53. The van der Waals surface area contributed by atoms with Gasteiger partial charge in [0.2, 0.25) is 0 Å². The van der Waals surface area contributed by atoms with Crippen molar-refractivity contribution in [1.82, 2.24) is 15.1 Å². The summed E-state index contributed by atoms with van der Waals surface area (Å²) in [6.45, 7) is 8.35. The predicted octanol–water partition coefficient (Wildman–Crippen LogP) is 4.24. The van der Waals surface area contributed by atoms with E-state index in [0.717, 1.165) is 19.0 Å². The summed E-state index contributed by atoms with van der Waals surface area (Å²) in [6.07, 6.45) is 2.73. The van der Waals surface area contributed by atoms with Crippen LogP contribution in [-0.2, 0) is 0 Å². The number of nitrogens with zero attached hydrogens (tertiary/aromatic N) is 2. The molecule has 1 unspecified atom stereocenters. The molecule has 2 aliphatic rings. The molecule has 2 saturated heterocycles. The van der Waals surface area contributed by atoms with Crippen LogP contribution in [0.1, 0.15) is 30.0 Å². The lowest BCUT2D eigenvalue weighted by Crippen LogP contribution is -2.50. The number of hydrogen-bond acceptors (Lipinski definition) is 3. The highest BCUT2D eigenvalue weighted by molar-refractivity contribution is 5.85. The van der Waals surface area contributed by atoms with Gasteiger partial charge in [-0.15, -0.1) is 24.8 Å². The molecule has 5 heteroatoms. The molecular formula is C23H33Cl2N3. The Morgan fingerprint density at radius 2 is 1.39 bits per heavy atom. The Morgan fingerprint density at radius 1 is 0.821 bits per heavy atom. The Hall–Kier alpha value is -1.10. The zero-order valence-corrected chi connectivity index (χ0v) is 18.1. The molecule has 0 saturated carbocycles. The molecule has 1 atom stereocenters. The van der Waals surface area contributed by atoms with Crippen molar-refractivity contribution >= 4 is 24.8 Å². The van der Waals surface area contributed by atoms with Crippen molar-refractivity contribution in [3.05, 3.63) is 71.8 Å². The van der Waals surface area contributed by atoms with E-state index < -0.39 is 0 Å². The highest BCUT2D eigenvalue weighted by atomic mass is 35.5. The third-order valence-corrected chi connectivity index (χ3v) is 5.92. The van der Waals surface area contributed by atoms with Gasteiger partial charge in [0.15, 0.2) is 0 Å². The Labute approximate surface area is 182 Å². The molecule has 154 valence electrons. The summed E-state index contributed by atoms with van der Waals surface area (Å²) < 4.78 is 0. The minimum atomic E-state index is 0. The zero-order chi connectivity index (χ0) is 17.6. The van der Waals surface area contributed by atoms with E-state index in [4.69, 9.17) is 0 Å². The maximum atomic E-state index is 3.56. The number of rotatable bonds is 5. The topological polar surface area (TPSA) is 18.5 Å². The first-order chi connectivity index (χ1) is 12.9. The van der Waals surface area contributed by atoms with Crippen LogP contribution in [0.4, 0.5) is 0 Å². The van der Waals surface area contributed by atoms with E-state index in [1.165, 1.54) is 56.7 Å². The van der Waals surface area contributed by atoms with Gasteiger partial charge in [0.25, 0.3) is 0 Å². The van der Waals surface area contributed by atoms with Gasteiger partial charge in [-0.3, -0.25) is 4.90 Å². The fourth-order valence-corrected chi connectivity index (χ4v) is 4.53. The van der Waals surface area contributed by atoms with Gasteiger partial charge in [-0.05, 0) is 43.0 Å². The van der Waals surface area contributed by atoms with E-state index in [1.807, 2.05) is 0 Å². The van der Waals surface area contributed by atoms with Crippen LogP contribution in [0.15, 0.2) is 60.7 Å². The van der Waals surface area contributed by atoms with Crippen LogP contribution in [-0.4, -0.2) is 55.6 Å². The van der Waals surface area contributed by atoms with Crippen LogP contribution in [0, 0.1) is 5.92 Å². The summed E-state index contributed by atoms with van der Waals surface area (Å²) in [7, 11) is 0. The third kappa shape index (κ3) is 5.95. The lowest BCUT2D eigenvalue weighted by Gasteiger charge is -2.41. The van der Waals surface area contributed by atoms with Crippen molar-refractivity contribution < 1.29 is 0 Å². The first kappa shape index (κ1) is 23.2. The van der Waals surface area contributed by atoms with Gasteiger partial charge >= 0.3 is 0 Å². The van der Waals surface area contributed by atoms with Gasteiger partial charge in [0, 0.05) is 32.7 Å². The normalized spacial score (nSPS) is 21.0. The second kappa shape index (κ2) is 11.8. The molecule has 2 fully saturated rings. The standard InChI is InChI=1S/C23H31N3.2ClH/c1-3-9-21(10-4-1)23(22-11-5-2-6-12-22)26-16-14-25(15-17-26)19-20-8-7-13-24-18-20;;/h1-6,9-12,20,23-24H,7-8,13-19H2;2*1H. The molecule has 1 N–H and O–H groups in total. The second-order valence-electron chi connectivity index (χ2n) is 7.77. The molecular weight excluding hydrogens is 389 g/mol. The number of halogens is 2. The summed E-state index contributed by atoms with van der Waals surface area (Å²) in [5.74, 6) is 0.842. The van der Waals surface area contributed by atoms with Crippen LogP contribution in [0.3, 0.4) is 0 Å². The van der Waals surface area contributed by atoms with Gasteiger partial charge in [-0.1, -0.05) is 60.7 Å². The molecule has 0 radical (unpaired) electrons. The number of benzene rings is 2. The summed E-state index contributed by atoms with van der Waals surface area (Å²) in [5, 5.41) is 3.56. The van der Waals surface area contributed by atoms with Crippen molar-refractivity contribution in [3.8, 4) is 0 Å². The zero-order valence-electron chi connectivity index (χ0n) is 16.5. The lowest BCUT2D eigenvalue weighted by molar-refractivity contribution is 0.0934. The molecule has 2 aliphatic heterocycles. The highest BCUT2D eigenvalue weighted by Gasteiger charge is 2.27. The van der Waals surface area contributed by atoms with Crippen LogP contribution in [0.25, 0.3) is 0 Å². The molecule has 0 aliphatic carbocycles. The molecule has 2 heterocycles.